The maximum absolute atomic E-state index is 5.96. The molecule has 1 unspecified atom stereocenters. The first kappa shape index (κ1) is 15.0. The van der Waals surface area contributed by atoms with Crippen molar-refractivity contribution in [2.45, 2.75) is 53.4 Å². The van der Waals surface area contributed by atoms with E-state index in [0.717, 1.165) is 18.4 Å². The van der Waals surface area contributed by atoms with Crippen molar-refractivity contribution in [1.82, 2.24) is 4.90 Å². The van der Waals surface area contributed by atoms with Gasteiger partial charge in [0.1, 0.15) is 0 Å². The van der Waals surface area contributed by atoms with Gasteiger partial charge in [-0.3, -0.25) is 0 Å². The van der Waals surface area contributed by atoms with Crippen LogP contribution >= 0.6 is 0 Å². The maximum Gasteiger partial charge on any atom is 0.00474 e. The quantitative estimate of drug-likeness (QED) is 0.773. The summed E-state index contributed by atoms with van der Waals surface area (Å²) in [5, 5.41) is 0. The average Bonchev–Trinajstić information content (AvgIpc) is 2.30. The summed E-state index contributed by atoms with van der Waals surface area (Å²) in [7, 11) is 0. The van der Waals surface area contributed by atoms with E-state index in [-0.39, 0.29) is 0 Å². The molecule has 0 bridgehead atoms. The largest absolute Gasteiger partial charge is 0.330 e. The summed E-state index contributed by atoms with van der Waals surface area (Å²) in [6.45, 7) is 13.9. The Balaban J connectivity index is 2.38. The van der Waals surface area contributed by atoms with Gasteiger partial charge < -0.3 is 10.6 Å². The SMILES string of the molecule is CCCC(C)(CN)CN1CCC(C(C)C)CC1. The monoisotopic (exact) mass is 240 g/mol. The summed E-state index contributed by atoms with van der Waals surface area (Å²) < 4.78 is 0. The lowest BCUT2D eigenvalue weighted by atomic mass is 9.82. The molecule has 0 amide bonds. The topological polar surface area (TPSA) is 29.3 Å². The van der Waals surface area contributed by atoms with E-state index >= 15 is 0 Å². The third kappa shape index (κ3) is 4.59. The Bertz CT molecular complexity index is 207. The maximum atomic E-state index is 5.96. The fourth-order valence-electron chi connectivity index (χ4n) is 3.17. The predicted octanol–water partition coefficient (Wildman–Crippen LogP) is 3.12. The highest BCUT2D eigenvalue weighted by Gasteiger charge is 2.28. The zero-order chi connectivity index (χ0) is 12.9. The molecule has 17 heavy (non-hydrogen) atoms. The third-order valence-electron chi connectivity index (χ3n) is 4.53. The number of hydrogen-bond donors (Lipinski definition) is 1. The Hall–Kier alpha value is -0.0800. The van der Waals surface area contributed by atoms with E-state index in [1.54, 1.807) is 0 Å². The Morgan fingerprint density at radius 1 is 1.29 bits per heavy atom. The highest BCUT2D eigenvalue weighted by molar-refractivity contribution is 4.82. The smallest absolute Gasteiger partial charge is 0.00474 e. The number of nitrogens with zero attached hydrogens (tertiary/aromatic N) is 1. The van der Waals surface area contributed by atoms with E-state index in [1.807, 2.05) is 0 Å². The standard InChI is InChI=1S/C15H32N2/c1-5-8-15(4,11-16)12-17-9-6-14(7-10-17)13(2)3/h13-14H,5-12,16H2,1-4H3. The van der Waals surface area contributed by atoms with Crippen LogP contribution in [0, 0.1) is 17.3 Å². The van der Waals surface area contributed by atoms with E-state index in [2.05, 4.69) is 32.6 Å². The fraction of sp³-hybridized carbons (Fsp3) is 1.00. The predicted molar refractivity (Wildman–Crippen MR) is 76.1 cm³/mol. The van der Waals surface area contributed by atoms with Gasteiger partial charge in [0.05, 0.1) is 0 Å². The Morgan fingerprint density at radius 3 is 2.29 bits per heavy atom. The summed E-state index contributed by atoms with van der Waals surface area (Å²) in [6.07, 6.45) is 5.26. The normalized spacial score (nSPS) is 22.9. The molecule has 1 atom stereocenters. The van der Waals surface area contributed by atoms with Crippen molar-refractivity contribution < 1.29 is 0 Å². The van der Waals surface area contributed by atoms with Gasteiger partial charge in [0.25, 0.3) is 0 Å². The van der Waals surface area contributed by atoms with Crippen LogP contribution in [-0.2, 0) is 0 Å². The molecule has 0 radical (unpaired) electrons. The van der Waals surface area contributed by atoms with E-state index in [1.165, 1.54) is 45.3 Å². The summed E-state index contributed by atoms with van der Waals surface area (Å²) in [6, 6.07) is 0. The van der Waals surface area contributed by atoms with Crippen LogP contribution in [0.2, 0.25) is 0 Å². The highest BCUT2D eigenvalue weighted by atomic mass is 15.1. The molecule has 1 aliphatic heterocycles. The Kier molecular flexibility index (Phi) is 5.94. The zero-order valence-electron chi connectivity index (χ0n) is 12.3. The second kappa shape index (κ2) is 6.75. The minimum atomic E-state index is 0.333. The van der Waals surface area contributed by atoms with Crippen molar-refractivity contribution >= 4 is 0 Å². The van der Waals surface area contributed by atoms with Crippen LogP contribution in [0.15, 0.2) is 0 Å². The van der Waals surface area contributed by atoms with Crippen LogP contribution in [-0.4, -0.2) is 31.1 Å². The van der Waals surface area contributed by atoms with Gasteiger partial charge in [-0.05, 0) is 56.1 Å². The first-order valence-electron chi connectivity index (χ1n) is 7.43. The zero-order valence-corrected chi connectivity index (χ0v) is 12.3. The lowest BCUT2D eigenvalue weighted by Gasteiger charge is -2.39. The van der Waals surface area contributed by atoms with Gasteiger partial charge in [-0.25, -0.2) is 0 Å². The van der Waals surface area contributed by atoms with Gasteiger partial charge >= 0.3 is 0 Å². The lowest BCUT2D eigenvalue weighted by Crippen LogP contribution is -2.44. The molecule has 0 spiro atoms. The molecule has 0 aliphatic carbocycles. The van der Waals surface area contributed by atoms with E-state index < -0.39 is 0 Å². The molecule has 1 fully saturated rings. The summed E-state index contributed by atoms with van der Waals surface area (Å²) in [4.78, 5) is 2.64. The van der Waals surface area contributed by atoms with Crippen molar-refractivity contribution in [1.29, 1.82) is 0 Å². The van der Waals surface area contributed by atoms with Gasteiger partial charge in [0, 0.05) is 6.54 Å². The highest BCUT2D eigenvalue weighted by Crippen LogP contribution is 2.28. The molecule has 0 aromatic carbocycles. The van der Waals surface area contributed by atoms with Crippen LogP contribution in [0.3, 0.4) is 0 Å². The Morgan fingerprint density at radius 2 is 1.88 bits per heavy atom. The van der Waals surface area contributed by atoms with Gasteiger partial charge in [0.2, 0.25) is 0 Å². The van der Waals surface area contributed by atoms with Crippen LogP contribution in [0.25, 0.3) is 0 Å². The molecular formula is C15H32N2. The van der Waals surface area contributed by atoms with Crippen LogP contribution in [0.5, 0.6) is 0 Å². The van der Waals surface area contributed by atoms with Crippen LogP contribution < -0.4 is 5.73 Å². The molecule has 0 aromatic heterocycles. The molecular weight excluding hydrogens is 208 g/mol. The van der Waals surface area contributed by atoms with Crippen LogP contribution in [0.4, 0.5) is 0 Å². The lowest BCUT2D eigenvalue weighted by molar-refractivity contribution is 0.104. The molecule has 1 rings (SSSR count). The molecule has 102 valence electrons. The number of rotatable bonds is 6. The van der Waals surface area contributed by atoms with Crippen molar-refractivity contribution in [3.8, 4) is 0 Å². The van der Waals surface area contributed by atoms with E-state index in [9.17, 15) is 0 Å². The second-order valence-electron chi connectivity index (χ2n) is 6.62. The molecule has 2 N–H and O–H groups in total. The minimum absolute atomic E-state index is 0.333. The molecule has 2 heteroatoms. The van der Waals surface area contributed by atoms with E-state index in [4.69, 9.17) is 5.73 Å². The number of piperidine rings is 1. The van der Waals surface area contributed by atoms with Gasteiger partial charge in [-0.1, -0.05) is 34.1 Å². The van der Waals surface area contributed by atoms with Crippen molar-refractivity contribution in [2.75, 3.05) is 26.2 Å². The fourth-order valence-corrected chi connectivity index (χ4v) is 3.17. The Labute approximate surface area is 108 Å². The molecule has 1 heterocycles. The summed E-state index contributed by atoms with van der Waals surface area (Å²) in [5.41, 5.74) is 6.29. The van der Waals surface area contributed by atoms with Gasteiger partial charge in [-0.15, -0.1) is 0 Å². The van der Waals surface area contributed by atoms with Gasteiger partial charge in [0.15, 0.2) is 0 Å². The number of hydrogen-bond acceptors (Lipinski definition) is 2. The van der Waals surface area contributed by atoms with Crippen molar-refractivity contribution in [3.63, 3.8) is 0 Å². The first-order valence-corrected chi connectivity index (χ1v) is 7.43. The third-order valence-corrected chi connectivity index (χ3v) is 4.53. The summed E-state index contributed by atoms with van der Waals surface area (Å²) in [5.74, 6) is 1.80. The van der Waals surface area contributed by atoms with Crippen LogP contribution in [0.1, 0.15) is 53.4 Å². The molecule has 1 aliphatic rings. The number of likely N-dealkylation sites (tertiary alicyclic amines) is 1. The average molecular weight is 240 g/mol. The molecule has 1 saturated heterocycles. The second-order valence-corrected chi connectivity index (χ2v) is 6.62. The van der Waals surface area contributed by atoms with Crippen molar-refractivity contribution in [2.24, 2.45) is 23.0 Å². The number of nitrogens with two attached hydrogens (primary N) is 1. The molecule has 0 saturated carbocycles. The minimum Gasteiger partial charge on any atom is -0.330 e. The van der Waals surface area contributed by atoms with E-state index in [0.29, 0.717) is 5.41 Å². The molecule has 0 aromatic rings. The van der Waals surface area contributed by atoms with Gasteiger partial charge in [-0.2, -0.15) is 0 Å². The summed E-state index contributed by atoms with van der Waals surface area (Å²) >= 11 is 0. The van der Waals surface area contributed by atoms with Crippen molar-refractivity contribution in [3.05, 3.63) is 0 Å². The molecule has 2 nitrogen and oxygen atoms in total. The first-order chi connectivity index (χ1) is 8.00.